The van der Waals surface area contributed by atoms with Crippen LogP contribution in [0.25, 0.3) is 37.3 Å². The van der Waals surface area contributed by atoms with Crippen molar-refractivity contribution < 1.29 is 49.5 Å². The largest absolute Gasteiger partial charge is 1.00 e. The zero-order valence-electron chi connectivity index (χ0n) is 22.4. The van der Waals surface area contributed by atoms with Crippen LogP contribution in [-0.4, -0.2) is 13.4 Å². The van der Waals surface area contributed by atoms with Crippen LogP contribution in [0.3, 0.4) is 0 Å². The zero-order chi connectivity index (χ0) is 25.1. The number of hydrogen-bond donors (Lipinski definition) is 0. The monoisotopic (exact) mass is 628 g/mol. The molecular weight excluding hydrogens is 601 g/mol. The van der Waals surface area contributed by atoms with Crippen LogP contribution in [0.4, 0.5) is 0 Å². The van der Waals surface area contributed by atoms with Crippen LogP contribution in [0.1, 0.15) is 41.9 Å². The minimum absolute atomic E-state index is 0. The third-order valence-electron chi connectivity index (χ3n) is 7.70. The summed E-state index contributed by atoms with van der Waals surface area (Å²) < 4.78 is 3.91. The fourth-order valence-electron chi connectivity index (χ4n) is 6.05. The maximum atomic E-state index is 2.46. The molecule has 0 N–H and O–H groups in total. The molecule has 6 rings (SSSR count). The molecule has 0 saturated heterocycles. The van der Waals surface area contributed by atoms with Gasteiger partial charge in [-0.05, 0) is 0 Å². The minimum Gasteiger partial charge on any atom is -1.00 e. The van der Waals surface area contributed by atoms with Crippen molar-refractivity contribution in [3.05, 3.63) is 118 Å². The summed E-state index contributed by atoms with van der Waals surface area (Å²) in [6.45, 7) is 11.8. The van der Waals surface area contributed by atoms with Crippen LogP contribution in [0.2, 0.25) is 13.1 Å². The van der Waals surface area contributed by atoms with Crippen LogP contribution in [-0.2, 0) is 24.7 Å². The average Bonchev–Trinajstić information content (AvgIpc) is 3.45. The Morgan fingerprint density at radius 2 is 1.34 bits per heavy atom. The van der Waals surface area contributed by atoms with Crippen LogP contribution in [0.15, 0.2) is 90.0 Å². The van der Waals surface area contributed by atoms with Crippen molar-refractivity contribution in [1.29, 1.82) is 0 Å². The van der Waals surface area contributed by atoms with E-state index in [1.54, 1.807) is 5.19 Å². The first kappa shape index (κ1) is 28.8. The van der Waals surface area contributed by atoms with Gasteiger partial charge in [0.25, 0.3) is 0 Å². The first-order chi connectivity index (χ1) is 17.4. The Morgan fingerprint density at radius 1 is 0.711 bits per heavy atom. The number of allylic oxidation sites excluding steroid dienone is 4. The van der Waals surface area contributed by atoms with E-state index in [1.165, 1.54) is 95.2 Å². The first-order valence-corrected chi connectivity index (χ1v) is 16.9. The summed E-state index contributed by atoms with van der Waals surface area (Å²) in [5, 5.41) is 1.56. The van der Waals surface area contributed by atoms with Crippen molar-refractivity contribution >= 4 is 34.5 Å². The number of rotatable bonds is 3. The van der Waals surface area contributed by atoms with Gasteiger partial charge in [0.15, 0.2) is 0 Å². The SMILES string of the molecule is CC1=Cc2c(cc(C)n2-c2ccccc2)C1=C1C(C)=[C]([Zr+2])c2ccc([SiH](C)C)c(-c3ccccc3)c21.[Cl-].[Cl-]. The zero-order valence-corrected chi connectivity index (χ0v) is 27.5. The van der Waals surface area contributed by atoms with Gasteiger partial charge in [-0.2, -0.15) is 0 Å². The molecule has 0 spiro atoms. The van der Waals surface area contributed by atoms with Gasteiger partial charge in [-0.1, -0.05) is 0 Å². The molecule has 1 heterocycles. The third kappa shape index (κ3) is 4.42. The van der Waals surface area contributed by atoms with E-state index in [2.05, 4.69) is 123 Å². The molecule has 3 aromatic carbocycles. The number of fused-ring (bicyclic) bond motifs is 2. The fourth-order valence-corrected chi connectivity index (χ4v) is 8.24. The van der Waals surface area contributed by atoms with E-state index in [-0.39, 0.29) is 24.8 Å². The van der Waals surface area contributed by atoms with Crippen molar-refractivity contribution in [3.8, 4) is 16.8 Å². The summed E-state index contributed by atoms with van der Waals surface area (Å²) in [6.07, 6.45) is 2.40. The van der Waals surface area contributed by atoms with Gasteiger partial charge in [0.05, 0.1) is 0 Å². The normalized spacial score (nSPS) is 15.7. The molecule has 0 saturated carbocycles. The Balaban J connectivity index is 0.00000168. The molecule has 2 aliphatic carbocycles. The molecule has 0 fully saturated rings. The molecule has 1 aromatic heterocycles. The number of hydrogen-bond acceptors (Lipinski definition) is 0. The van der Waals surface area contributed by atoms with E-state index in [0.29, 0.717) is 0 Å². The molecule has 0 unspecified atom stereocenters. The minimum atomic E-state index is -1.06. The van der Waals surface area contributed by atoms with Gasteiger partial charge in [0.1, 0.15) is 0 Å². The van der Waals surface area contributed by atoms with E-state index < -0.39 is 8.80 Å². The van der Waals surface area contributed by atoms with Crippen molar-refractivity contribution in [2.45, 2.75) is 33.9 Å². The summed E-state index contributed by atoms with van der Waals surface area (Å²) in [7, 11) is -1.06. The summed E-state index contributed by atoms with van der Waals surface area (Å²) >= 11 is 1.49. The molecule has 0 bridgehead atoms. The van der Waals surface area contributed by atoms with Crippen molar-refractivity contribution in [2.24, 2.45) is 0 Å². The Morgan fingerprint density at radius 3 is 1.97 bits per heavy atom. The standard InChI is InChI=1S/C33H30NSi.2ClH.Zr/c1-21-18-25-16-17-29(35(4)5)32(24-12-8-6-9-13-24)33(25)31(21)30-22(2)19-28-27(30)20-23(3)34(28)26-14-10-7-11-15-26;;;/h6-17,19-20,35H,1-5H3;2*1H;/q;;;+2/p-2. The fraction of sp³-hybridized carbons (Fsp3) is 0.152. The van der Waals surface area contributed by atoms with E-state index in [0.717, 1.165) is 0 Å². The molecule has 2 aliphatic rings. The molecule has 0 radical (unpaired) electrons. The number of halogens is 2. The number of aromatic nitrogens is 1. The topological polar surface area (TPSA) is 4.93 Å². The second kappa shape index (κ2) is 11.1. The number of aryl methyl sites for hydroxylation is 1. The van der Waals surface area contributed by atoms with Crippen molar-refractivity contribution in [3.63, 3.8) is 0 Å². The molecule has 189 valence electrons. The summed E-state index contributed by atoms with van der Waals surface area (Å²) in [4.78, 5) is 0. The molecule has 4 aromatic rings. The Bertz CT molecular complexity index is 1630. The molecule has 0 amide bonds. The van der Waals surface area contributed by atoms with Crippen LogP contribution < -0.4 is 30.0 Å². The molecular formula is C33H30Cl2NSiZr. The Labute approximate surface area is 255 Å². The summed E-state index contributed by atoms with van der Waals surface area (Å²) in [6, 6.07) is 29.1. The first-order valence-electron chi connectivity index (χ1n) is 12.8. The Kier molecular flexibility index (Phi) is 8.46. The predicted octanol–water partition coefficient (Wildman–Crippen LogP) is 1.77. The average molecular weight is 631 g/mol. The van der Waals surface area contributed by atoms with E-state index >= 15 is 0 Å². The maximum absolute atomic E-state index is 2.46. The Hall–Kier alpha value is -2.16. The smallest absolute Gasteiger partial charge is 1.00 e. The van der Waals surface area contributed by atoms with E-state index in [1.807, 2.05) is 0 Å². The third-order valence-corrected chi connectivity index (χ3v) is 11.0. The van der Waals surface area contributed by atoms with Gasteiger partial charge >= 0.3 is 233 Å². The second-order valence-electron chi connectivity index (χ2n) is 10.3. The quantitative estimate of drug-likeness (QED) is 0.305. The van der Waals surface area contributed by atoms with Gasteiger partial charge in [-0.3, -0.25) is 0 Å². The van der Waals surface area contributed by atoms with Crippen LogP contribution in [0, 0.1) is 6.92 Å². The van der Waals surface area contributed by atoms with Gasteiger partial charge in [0, 0.05) is 0 Å². The summed E-state index contributed by atoms with van der Waals surface area (Å²) in [5.74, 6) is 0. The molecule has 1 nitrogen and oxygen atoms in total. The van der Waals surface area contributed by atoms with Gasteiger partial charge in [-0.25, -0.2) is 0 Å². The van der Waals surface area contributed by atoms with Gasteiger partial charge in [0.2, 0.25) is 0 Å². The number of para-hydroxylation sites is 1. The molecule has 38 heavy (non-hydrogen) atoms. The van der Waals surface area contributed by atoms with Gasteiger partial charge < -0.3 is 24.8 Å². The van der Waals surface area contributed by atoms with E-state index in [4.69, 9.17) is 0 Å². The second-order valence-corrected chi connectivity index (χ2v) is 14.5. The number of benzene rings is 3. The maximum Gasteiger partial charge on any atom is -1.00 e. The number of nitrogens with zero attached hydrogens (tertiary/aromatic N) is 1. The van der Waals surface area contributed by atoms with Crippen LogP contribution >= 0.6 is 0 Å². The predicted molar refractivity (Wildman–Crippen MR) is 154 cm³/mol. The van der Waals surface area contributed by atoms with Crippen LogP contribution in [0.5, 0.6) is 0 Å². The van der Waals surface area contributed by atoms with Crippen molar-refractivity contribution in [2.75, 3.05) is 0 Å². The van der Waals surface area contributed by atoms with Gasteiger partial charge in [-0.15, -0.1) is 0 Å². The van der Waals surface area contributed by atoms with Crippen molar-refractivity contribution in [1.82, 2.24) is 4.57 Å². The molecule has 0 aliphatic heterocycles. The molecule has 5 heteroatoms. The molecule has 0 atom stereocenters. The summed E-state index contributed by atoms with van der Waals surface area (Å²) in [5.41, 5.74) is 16.6. The van der Waals surface area contributed by atoms with E-state index in [9.17, 15) is 0 Å².